The van der Waals surface area contributed by atoms with Gasteiger partial charge < -0.3 is 10.4 Å². The van der Waals surface area contributed by atoms with E-state index in [0.717, 1.165) is 18.3 Å². The fraction of sp³-hybridized carbons (Fsp3) is 0.417. The summed E-state index contributed by atoms with van der Waals surface area (Å²) in [5, 5.41) is 10.7. The molecular formula is C12H13F3N2O3. The van der Waals surface area contributed by atoms with Crippen LogP contribution in [0.4, 0.5) is 13.2 Å². The van der Waals surface area contributed by atoms with Gasteiger partial charge in [0.15, 0.2) is 0 Å². The molecule has 0 aliphatic carbocycles. The standard InChI is InChI=1S/C12H13F3N2O3/c13-12(14,15)8-4-3-7-16-10(8)11(20)17-6-2-1-5-9(18)19/h3-4,7H,1-2,5-6H2,(H,17,20)(H,18,19). The number of carboxylic acids is 1. The summed E-state index contributed by atoms with van der Waals surface area (Å²) in [6, 6.07) is 1.89. The van der Waals surface area contributed by atoms with Crippen LogP contribution in [0.3, 0.4) is 0 Å². The Bertz CT molecular complexity index is 489. The van der Waals surface area contributed by atoms with Crippen molar-refractivity contribution < 1.29 is 27.9 Å². The van der Waals surface area contributed by atoms with Gasteiger partial charge in [0, 0.05) is 19.2 Å². The predicted octanol–water partition coefficient (Wildman–Crippen LogP) is 2.09. The maximum atomic E-state index is 12.7. The lowest BCUT2D eigenvalue weighted by atomic mass is 10.1. The lowest BCUT2D eigenvalue weighted by Gasteiger charge is -2.11. The zero-order valence-corrected chi connectivity index (χ0v) is 10.4. The highest BCUT2D eigenvalue weighted by Crippen LogP contribution is 2.30. The molecule has 0 bridgehead atoms. The highest BCUT2D eigenvalue weighted by molar-refractivity contribution is 5.93. The Labute approximate surface area is 112 Å². The molecule has 5 nitrogen and oxygen atoms in total. The Kier molecular flexibility index (Phi) is 5.48. The van der Waals surface area contributed by atoms with Gasteiger partial charge in [0.1, 0.15) is 5.69 Å². The minimum Gasteiger partial charge on any atom is -0.481 e. The monoisotopic (exact) mass is 290 g/mol. The van der Waals surface area contributed by atoms with E-state index in [4.69, 9.17) is 5.11 Å². The SMILES string of the molecule is O=C(O)CCCCNC(=O)c1ncccc1C(F)(F)F. The molecule has 0 atom stereocenters. The van der Waals surface area contributed by atoms with Crippen molar-refractivity contribution in [3.63, 3.8) is 0 Å². The fourth-order valence-electron chi connectivity index (χ4n) is 1.50. The van der Waals surface area contributed by atoms with E-state index in [1.54, 1.807) is 0 Å². The van der Waals surface area contributed by atoms with Crippen molar-refractivity contribution in [3.8, 4) is 0 Å². The van der Waals surface area contributed by atoms with Gasteiger partial charge in [-0.25, -0.2) is 0 Å². The van der Waals surface area contributed by atoms with E-state index in [0.29, 0.717) is 12.8 Å². The van der Waals surface area contributed by atoms with Crippen LogP contribution in [0, 0.1) is 0 Å². The van der Waals surface area contributed by atoms with Gasteiger partial charge in [0.05, 0.1) is 5.56 Å². The molecule has 0 fully saturated rings. The predicted molar refractivity (Wildman–Crippen MR) is 63.1 cm³/mol. The van der Waals surface area contributed by atoms with Crippen LogP contribution in [0.1, 0.15) is 35.3 Å². The van der Waals surface area contributed by atoms with Crippen LogP contribution in [-0.4, -0.2) is 28.5 Å². The van der Waals surface area contributed by atoms with E-state index < -0.39 is 29.3 Å². The van der Waals surface area contributed by atoms with Crippen molar-refractivity contribution in [3.05, 3.63) is 29.6 Å². The smallest absolute Gasteiger partial charge is 0.418 e. The Balaban J connectivity index is 2.58. The maximum Gasteiger partial charge on any atom is 0.418 e. The van der Waals surface area contributed by atoms with E-state index in [9.17, 15) is 22.8 Å². The number of nitrogens with one attached hydrogen (secondary N) is 1. The van der Waals surface area contributed by atoms with Gasteiger partial charge >= 0.3 is 12.1 Å². The summed E-state index contributed by atoms with van der Waals surface area (Å²) in [5.74, 6) is -1.88. The molecule has 1 aromatic heterocycles. The van der Waals surface area contributed by atoms with E-state index in [2.05, 4.69) is 10.3 Å². The number of rotatable bonds is 6. The summed E-state index contributed by atoms with van der Waals surface area (Å²) in [4.78, 5) is 25.3. The summed E-state index contributed by atoms with van der Waals surface area (Å²) in [6.07, 6.45) is -2.89. The van der Waals surface area contributed by atoms with E-state index in [1.807, 2.05) is 0 Å². The van der Waals surface area contributed by atoms with Crippen LogP contribution in [0.2, 0.25) is 0 Å². The van der Waals surface area contributed by atoms with Gasteiger partial charge in [0.2, 0.25) is 0 Å². The molecule has 0 radical (unpaired) electrons. The molecule has 0 saturated heterocycles. The number of halogens is 3. The highest BCUT2D eigenvalue weighted by atomic mass is 19.4. The van der Waals surface area contributed by atoms with Crippen LogP contribution in [-0.2, 0) is 11.0 Å². The quantitative estimate of drug-likeness (QED) is 0.786. The van der Waals surface area contributed by atoms with E-state index in [-0.39, 0.29) is 13.0 Å². The topological polar surface area (TPSA) is 79.3 Å². The normalized spacial score (nSPS) is 11.2. The molecule has 0 spiro atoms. The summed E-state index contributed by atoms with van der Waals surface area (Å²) in [7, 11) is 0. The molecule has 1 heterocycles. The number of aromatic nitrogens is 1. The van der Waals surface area contributed by atoms with Crippen LogP contribution < -0.4 is 5.32 Å². The average Bonchev–Trinajstić information content (AvgIpc) is 2.36. The number of carboxylic acid groups (broad SMARTS) is 1. The molecule has 110 valence electrons. The number of unbranched alkanes of at least 4 members (excludes halogenated alkanes) is 1. The number of hydrogen-bond acceptors (Lipinski definition) is 3. The third kappa shape index (κ3) is 4.87. The largest absolute Gasteiger partial charge is 0.481 e. The Hall–Kier alpha value is -2.12. The summed E-state index contributed by atoms with van der Waals surface area (Å²) in [5.41, 5.74) is -1.78. The van der Waals surface area contributed by atoms with Gasteiger partial charge in [-0.05, 0) is 25.0 Å². The molecule has 0 unspecified atom stereocenters. The molecular weight excluding hydrogens is 277 g/mol. The van der Waals surface area contributed by atoms with Crippen molar-refractivity contribution in [2.45, 2.75) is 25.4 Å². The molecule has 1 amide bonds. The average molecular weight is 290 g/mol. The van der Waals surface area contributed by atoms with Crippen molar-refractivity contribution >= 4 is 11.9 Å². The summed E-state index contributed by atoms with van der Waals surface area (Å²) >= 11 is 0. The number of nitrogens with zero attached hydrogens (tertiary/aromatic N) is 1. The van der Waals surface area contributed by atoms with E-state index >= 15 is 0 Å². The number of amides is 1. The molecule has 8 heteroatoms. The lowest BCUT2D eigenvalue weighted by molar-refractivity contribution is -0.138. The van der Waals surface area contributed by atoms with E-state index in [1.165, 1.54) is 0 Å². The highest BCUT2D eigenvalue weighted by Gasteiger charge is 2.35. The van der Waals surface area contributed by atoms with Crippen molar-refractivity contribution in [1.29, 1.82) is 0 Å². The maximum absolute atomic E-state index is 12.7. The van der Waals surface area contributed by atoms with Crippen molar-refractivity contribution in [2.24, 2.45) is 0 Å². The molecule has 20 heavy (non-hydrogen) atoms. The second-order valence-corrected chi connectivity index (χ2v) is 4.00. The zero-order chi connectivity index (χ0) is 15.2. The van der Waals surface area contributed by atoms with Crippen LogP contribution in [0.25, 0.3) is 0 Å². The number of pyridine rings is 1. The Morgan fingerprint density at radius 2 is 2.00 bits per heavy atom. The molecule has 2 N–H and O–H groups in total. The van der Waals surface area contributed by atoms with Gasteiger partial charge in [-0.2, -0.15) is 13.2 Å². The van der Waals surface area contributed by atoms with Crippen LogP contribution >= 0.6 is 0 Å². The van der Waals surface area contributed by atoms with Crippen molar-refractivity contribution in [1.82, 2.24) is 10.3 Å². The first-order chi connectivity index (χ1) is 9.32. The minimum absolute atomic E-state index is 0.0484. The van der Waals surface area contributed by atoms with Crippen LogP contribution in [0.15, 0.2) is 18.3 Å². The number of hydrogen-bond donors (Lipinski definition) is 2. The Morgan fingerprint density at radius 1 is 1.30 bits per heavy atom. The third-order valence-corrected chi connectivity index (χ3v) is 2.43. The summed E-state index contributed by atoms with van der Waals surface area (Å²) in [6.45, 7) is 0.0972. The molecule has 1 aromatic rings. The van der Waals surface area contributed by atoms with Gasteiger partial charge in [-0.15, -0.1) is 0 Å². The zero-order valence-electron chi connectivity index (χ0n) is 10.4. The lowest BCUT2D eigenvalue weighted by Crippen LogP contribution is -2.28. The summed E-state index contributed by atoms with van der Waals surface area (Å²) < 4.78 is 38.0. The molecule has 0 aromatic carbocycles. The second kappa shape index (κ2) is 6.88. The van der Waals surface area contributed by atoms with Crippen LogP contribution in [0.5, 0.6) is 0 Å². The number of carbonyl (C=O) groups is 2. The van der Waals surface area contributed by atoms with Gasteiger partial charge in [-0.3, -0.25) is 14.6 Å². The Morgan fingerprint density at radius 3 is 2.60 bits per heavy atom. The molecule has 1 rings (SSSR count). The number of alkyl halides is 3. The fourth-order valence-corrected chi connectivity index (χ4v) is 1.50. The molecule has 0 aliphatic rings. The second-order valence-electron chi connectivity index (χ2n) is 4.00. The van der Waals surface area contributed by atoms with Gasteiger partial charge in [-0.1, -0.05) is 0 Å². The molecule has 0 saturated carbocycles. The third-order valence-electron chi connectivity index (χ3n) is 2.43. The first kappa shape index (κ1) is 15.9. The first-order valence-electron chi connectivity index (χ1n) is 5.84. The van der Waals surface area contributed by atoms with Gasteiger partial charge in [0.25, 0.3) is 5.91 Å². The minimum atomic E-state index is -4.65. The van der Waals surface area contributed by atoms with Crippen molar-refractivity contribution in [2.75, 3.05) is 6.54 Å². The number of carbonyl (C=O) groups excluding carboxylic acids is 1. The number of aliphatic carboxylic acids is 1. The first-order valence-corrected chi connectivity index (χ1v) is 5.84. The molecule has 0 aliphatic heterocycles.